The fourth-order valence-corrected chi connectivity index (χ4v) is 2.71. The first-order chi connectivity index (χ1) is 8.72. The Morgan fingerprint density at radius 3 is 1.83 bits per heavy atom. The number of hydrogen-bond acceptors (Lipinski definition) is 2. The lowest BCUT2D eigenvalue weighted by molar-refractivity contribution is -0.236. The maximum atomic E-state index is 5.79. The van der Waals surface area contributed by atoms with Crippen LogP contribution in [0, 0.1) is 0 Å². The van der Waals surface area contributed by atoms with Gasteiger partial charge in [0, 0.05) is 0 Å². The maximum absolute atomic E-state index is 5.79. The van der Waals surface area contributed by atoms with Crippen molar-refractivity contribution in [2.45, 2.75) is 103 Å². The minimum Gasteiger partial charge on any atom is -0.350 e. The molecule has 0 amide bonds. The first kappa shape index (κ1) is 16.0. The van der Waals surface area contributed by atoms with Crippen molar-refractivity contribution in [1.29, 1.82) is 0 Å². The molecule has 1 heterocycles. The molecule has 1 unspecified atom stereocenters. The molecule has 2 heteroatoms. The Hall–Kier alpha value is -0.0800. The molecule has 108 valence electrons. The van der Waals surface area contributed by atoms with Gasteiger partial charge in [0.25, 0.3) is 0 Å². The first-order valence-corrected chi connectivity index (χ1v) is 8.03. The van der Waals surface area contributed by atoms with E-state index in [4.69, 9.17) is 9.47 Å². The number of ether oxygens (including phenoxy) is 2. The molecular formula is C16H32O2. The predicted octanol–water partition coefficient (Wildman–Crippen LogP) is 5.06. The van der Waals surface area contributed by atoms with E-state index in [1.165, 1.54) is 51.4 Å². The van der Waals surface area contributed by atoms with E-state index in [-0.39, 0.29) is 6.29 Å². The lowest BCUT2D eigenvalue weighted by Crippen LogP contribution is -2.35. The van der Waals surface area contributed by atoms with E-state index in [9.17, 15) is 0 Å². The molecule has 1 aliphatic rings. The van der Waals surface area contributed by atoms with Crippen LogP contribution in [0.4, 0.5) is 0 Å². The van der Waals surface area contributed by atoms with Crippen LogP contribution in [-0.2, 0) is 9.47 Å². The van der Waals surface area contributed by atoms with E-state index in [2.05, 4.69) is 20.8 Å². The molecule has 0 aliphatic carbocycles. The van der Waals surface area contributed by atoms with Gasteiger partial charge >= 0.3 is 0 Å². The zero-order valence-electron chi connectivity index (χ0n) is 12.6. The fraction of sp³-hybridized carbons (Fsp3) is 1.00. The Kier molecular flexibility index (Phi) is 8.70. The predicted molar refractivity (Wildman–Crippen MR) is 76.7 cm³/mol. The van der Waals surface area contributed by atoms with Crippen LogP contribution >= 0.6 is 0 Å². The topological polar surface area (TPSA) is 18.5 Å². The summed E-state index contributed by atoms with van der Waals surface area (Å²) >= 11 is 0. The molecule has 0 aromatic rings. The number of hydrogen-bond donors (Lipinski definition) is 0. The zero-order valence-corrected chi connectivity index (χ0v) is 12.6. The minimum atomic E-state index is 0.0591. The molecule has 1 saturated heterocycles. The Morgan fingerprint density at radius 1 is 0.778 bits per heavy atom. The summed E-state index contributed by atoms with van der Waals surface area (Å²) in [6, 6.07) is 0. The van der Waals surface area contributed by atoms with Gasteiger partial charge in [-0.25, -0.2) is 0 Å². The highest BCUT2D eigenvalue weighted by molar-refractivity contribution is 4.65. The average molecular weight is 256 g/mol. The van der Waals surface area contributed by atoms with Gasteiger partial charge in [0.15, 0.2) is 6.29 Å². The van der Waals surface area contributed by atoms with E-state index in [1.807, 2.05) is 0 Å². The third kappa shape index (κ3) is 7.38. The van der Waals surface area contributed by atoms with Crippen molar-refractivity contribution in [3.63, 3.8) is 0 Å². The summed E-state index contributed by atoms with van der Waals surface area (Å²) in [5.41, 5.74) is 0. The molecule has 0 aromatic heterocycles. The van der Waals surface area contributed by atoms with Crippen molar-refractivity contribution >= 4 is 0 Å². The van der Waals surface area contributed by atoms with Crippen LogP contribution in [0.15, 0.2) is 0 Å². The molecule has 18 heavy (non-hydrogen) atoms. The monoisotopic (exact) mass is 256 g/mol. The van der Waals surface area contributed by atoms with E-state index in [1.54, 1.807) is 0 Å². The van der Waals surface area contributed by atoms with Gasteiger partial charge in [-0.3, -0.25) is 0 Å². The molecule has 1 fully saturated rings. The normalized spacial score (nSPS) is 28.5. The fourth-order valence-electron chi connectivity index (χ4n) is 2.71. The summed E-state index contributed by atoms with van der Waals surface area (Å²) in [6.07, 6.45) is 13.8. The number of unbranched alkanes of at least 4 members (excludes halogenated alkanes) is 7. The smallest absolute Gasteiger partial charge is 0.158 e. The van der Waals surface area contributed by atoms with Crippen LogP contribution in [0.1, 0.15) is 85.0 Å². The van der Waals surface area contributed by atoms with Crippen LogP contribution in [-0.4, -0.2) is 18.5 Å². The van der Waals surface area contributed by atoms with Gasteiger partial charge in [0.05, 0.1) is 12.2 Å². The largest absolute Gasteiger partial charge is 0.350 e. The zero-order chi connectivity index (χ0) is 13.2. The van der Waals surface area contributed by atoms with Gasteiger partial charge in [0.1, 0.15) is 0 Å². The second kappa shape index (κ2) is 9.80. The molecule has 0 bridgehead atoms. The van der Waals surface area contributed by atoms with Gasteiger partial charge in [-0.05, 0) is 33.1 Å². The highest BCUT2D eigenvalue weighted by atomic mass is 16.7. The summed E-state index contributed by atoms with van der Waals surface area (Å²) < 4.78 is 11.6. The van der Waals surface area contributed by atoms with Crippen molar-refractivity contribution in [3.05, 3.63) is 0 Å². The Morgan fingerprint density at radius 2 is 1.28 bits per heavy atom. The lowest BCUT2D eigenvalue weighted by Gasteiger charge is -2.32. The third-order valence-corrected chi connectivity index (χ3v) is 3.73. The Balaban J connectivity index is 1.91. The van der Waals surface area contributed by atoms with Gasteiger partial charge < -0.3 is 9.47 Å². The molecular weight excluding hydrogens is 224 g/mol. The van der Waals surface area contributed by atoms with Gasteiger partial charge in [-0.2, -0.15) is 0 Å². The van der Waals surface area contributed by atoms with E-state index < -0.39 is 0 Å². The molecule has 2 nitrogen and oxygen atoms in total. The third-order valence-electron chi connectivity index (χ3n) is 3.73. The van der Waals surface area contributed by atoms with Gasteiger partial charge in [0.2, 0.25) is 0 Å². The first-order valence-electron chi connectivity index (χ1n) is 8.03. The van der Waals surface area contributed by atoms with Crippen LogP contribution in [0.25, 0.3) is 0 Å². The molecule has 0 saturated carbocycles. The van der Waals surface area contributed by atoms with Crippen LogP contribution in [0.3, 0.4) is 0 Å². The summed E-state index contributed by atoms with van der Waals surface area (Å²) in [5.74, 6) is 0. The van der Waals surface area contributed by atoms with E-state index in [0.717, 1.165) is 12.8 Å². The van der Waals surface area contributed by atoms with E-state index >= 15 is 0 Å². The minimum absolute atomic E-state index is 0.0591. The highest BCUT2D eigenvalue weighted by Crippen LogP contribution is 2.22. The summed E-state index contributed by atoms with van der Waals surface area (Å²) in [5, 5.41) is 0. The average Bonchev–Trinajstić information content (AvgIpc) is 2.31. The highest BCUT2D eigenvalue weighted by Gasteiger charge is 2.24. The Bertz CT molecular complexity index is 184. The lowest BCUT2D eigenvalue weighted by atomic mass is 10.1. The quantitative estimate of drug-likeness (QED) is 0.537. The van der Waals surface area contributed by atoms with Gasteiger partial charge in [-0.15, -0.1) is 0 Å². The molecule has 1 rings (SSSR count). The molecule has 0 radical (unpaired) electrons. The van der Waals surface area contributed by atoms with E-state index in [0.29, 0.717) is 12.2 Å². The second-order valence-electron chi connectivity index (χ2n) is 5.82. The van der Waals surface area contributed by atoms with Gasteiger partial charge in [-0.1, -0.05) is 51.9 Å². The maximum Gasteiger partial charge on any atom is 0.158 e. The van der Waals surface area contributed by atoms with Crippen molar-refractivity contribution in [2.24, 2.45) is 0 Å². The standard InChI is InChI=1S/C16H32O2/c1-4-5-6-7-8-9-10-11-12-16-17-14(2)13-15(3)18-16/h14-16H,4-13H2,1-3H3/t14-,15+,16?. The SMILES string of the molecule is CCCCCCCCCCC1O[C@H](C)C[C@H](C)O1. The summed E-state index contributed by atoms with van der Waals surface area (Å²) in [6.45, 7) is 6.58. The van der Waals surface area contributed by atoms with Crippen LogP contribution in [0.2, 0.25) is 0 Å². The summed E-state index contributed by atoms with van der Waals surface area (Å²) in [7, 11) is 0. The van der Waals surface area contributed by atoms with Crippen LogP contribution < -0.4 is 0 Å². The van der Waals surface area contributed by atoms with Crippen molar-refractivity contribution < 1.29 is 9.47 Å². The molecule has 3 atom stereocenters. The van der Waals surface area contributed by atoms with Crippen molar-refractivity contribution in [2.75, 3.05) is 0 Å². The summed E-state index contributed by atoms with van der Waals surface area (Å²) in [4.78, 5) is 0. The second-order valence-corrected chi connectivity index (χ2v) is 5.82. The molecule has 0 spiro atoms. The van der Waals surface area contributed by atoms with Crippen molar-refractivity contribution in [1.82, 2.24) is 0 Å². The number of rotatable bonds is 9. The van der Waals surface area contributed by atoms with Crippen LogP contribution in [0.5, 0.6) is 0 Å². The Labute approximate surface area is 113 Å². The van der Waals surface area contributed by atoms with Crippen molar-refractivity contribution in [3.8, 4) is 0 Å². The molecule has 0 aromatic carbocycles. The molecule has 0 N–H and O–H groups in total. The molecule has 1 aliphatic heterocycles.